The molecule has 2 bridgehead atoms. The summed E-state index contributed by atoms with van der Waals surface area (Å²) < 4.78 is 31.9. The van der Waals surface area contributed by atoms with Crippen molar-refractivity contribution in [2.75, 3.05) is 33.7 Å². The standard InChI is InChI=1S/C28H40N6O6S/c1-18(19-9-7-11-22(13-19)41(38,39)31(5)6)34-21-14-24(26(34)36)32(16-21)17-23(30-27(37)40-28(2,3)4)25(35)33-12-8-10-20(33)15-29/h7,9,11,13,18,20-21,23-24H,8,10,12,14,16-17H2,1-6H3,(H,30,37)/t18-,20-,21+,23-,24+/m0/s1. The fourth-order valence-corrected chi connectivity index (χ4v) is 6.90. The van der Waals surface area contributed by atoms with Gasteiger partial charge in [-0.15, -0.1) is 0 Å². The molecule has 3 amide bonds. The fourth-order valence-electron chi connectivity index (χ4n) is 5.94. The average Bonchev–Trinajstić information content (AvgIpc) is 3.61. The van der Waals surface area contributed by atoms with Crippen LogP contribution in [0.4, 0.5) is 4.79 Å². The van der Waals surface area contributed by atoms with Gasteiger partial charge in [0.15, 0.2) is 0 Å². The second kappa shape index (κ2) is 11.6. The van der Waals surface area contributed by atoms with Crippen LogP contribution in [0.25, 0.3) is 0 Å². The summed E-state index contributed by atoms with van der Waals surface area (Å²) in [5.74, 6) is -0.464. The quantitative estimate of drug-likeness (QED) is 0.483. The Balaban J connectivity index is 1.50. The van der Waals surface area contributed by atoms with Crippen LogP contribution in [-0.2, 0) is 24.3 Å². The second-order valence-electron chi connectivity index (χ2n) is 12.2. The van der Waals surface area contributed by atoms with Crippen LogP contribution in [0.1, 0.15) is 58.6 Å². The van der Waals surface area contributed by atoms with Gasteiger partial charge >= 0.3 is 6.09 Å². The fraction of sp³-hybridized carbons (Fsp3) is 0.643. The van der Waals surface area contributed by atoms with E-state index >= 15 is 0 Å². The highest BCUT2D eigenvalue weighted by atomic mass is 32.2. The van der Waals surface area contributed by atoms with Crippen LogP contribution in [0, 0.1) is 11.3 Å². The molecule has 4 rings (SSSR count). The number of fused-ring (bicyclic) bond motifs is 2. The van der Waals surface area contributed by atoms with E-state index in [0.717, 1.165) is 9.87 Å². The molecular formula is C28H40N6O6S. The largest absolute Gasteiger partial charge is 0.444 e. The van der Waals surface area contributed by atoms with Gasteiger partial charge in [0.1, 0.15) is 17.7 Å². The number of benzene rings is 1. The van der Waals surface area contributed by atoms with E-state index in [4.69, 9.17) is 4.74 Å². The van der Waals surface area contributed by atoms with Crippen molar-refractivity contribution in [2.24, 2.45) is 0 Å². The smallest absolute Gasteiger partial charge is 0.408 e. The van der Waals surface area contributed by atoms with Gasteiger partial charge in [0.05, 0.1) is 23.0 Å². The molecule has 0 aromatic heterocycles. The van der Waals surface area contributed by atoms with Gasteiger partial charge in [0, 0.05) is 39.8 Å². The van der Waals surface area contributed by atoms with Crippen molar-refractivity contribution >= 4 is 27.9 Å². The third kappa shape index (κ3) is 6.34. The molecule has 0 spiro atoms. The zero-order valence-corrected chi connectivity index (χ0v) is 25.3. The van der Waals surface area contributed by atoms with Crippen LogP contribution in [0.2, 0.25) is 0 Å². The first kappa shape index (κ1) is 30.7. The molecule has 1 aromatic carbocycles. The first-order chi connectivity index (χ1) is 19.1. The van der Waals surface area contributed by atoms with Crippen LogP contribution in [0.15, 0.2) is 29.2 Å². The summed E-state index contributed by atoms with van der Waals surface area (Å²) in [7, 11) is -0.674. The highest BCUT2D eigenvalue weighted by molar-refractivity contribution is 7.89. The Morgan fingerprint density at radius 1 is 1.27 bits per heavy atom. The van der Waals surface area contributed by atoms with Crippen LogP contribution < -0.4 is 5.32 Å². The van der Waals surface area contributed by atoms with Gasteiger partial charge in [-0.2, -0.15) is 5.26 Å². The number of nitrogens with one attached hydrogen (secondary N) is 1. The van der Waals surface area contributed by atoms with Gasteiger partial charge in [0.2, 0.25) is 21.8 Å². The first-order valence-corrected chi connectivity index (χ1v) is 15.4. The third-order valence-corrected chi connectivity index (χ3v) is 9.75. The zero-order chi connectivity index (χ0) is 30.3. The molecule has 0 saturated carbocycles. The molecule has 0 unspecified atom stereocenters. The highest BCUT2D eigenvalue weighted by Crippen LogP contribution is 2.38. The van der Waals surface area contributed by atoms with Crippen molar-refractivity contribution in [1.82, 2.24) is 24.3 Å². The van der Waals surface area contributed by atoms with Crippen molar-refractivity contribution in [1.29, 1.82) is 5.26 Å². The molecule has 0 aliphatic carbocycles. The Morgan fingerprint density at radius 2 is 1.98 bits per heavy atom. The Kier molecular flexibility index (Phi) is 8.68. The average molecular weight is 589 g/mol. The molecule has 13 heteroatoms. The summed E-state index contributed by atoms with van der Waals surface area (Å²) in [6.07, 6.45) is 1.12. The summed E-state index contributed by atoms with van der Waals surface area (Å²) in [6, 6.07) is 6.32. The first-order valence-electron chi connectivity index (χ1n) is 13.9. The number of amides is 3. The number of alkyl carbamates (subject to hydrolysis) is 1. The van der Waals surface area contributed by atoms with E-state index in [0.29, 0.717) is 32.4 Å². The number of nitriles is 1. The number of piperazine rings is 1. The van der Waals surface area contributed by atoms with Crippen LogP contribution in [0.3, 0.4) is 0 Å². The lowest BCUT2D eigenvalue weighted by Crippen LogP contribution is -2.59. The number of sulfonamides is 1. The van der Waals surface area contributed by atoms with Crippen LogP contribution in [-0.4, -0.2) is 109 Å². The predicted octanol–water partition coefficient (Wildman–Crippen LogP) is 1.69. The molecule has 3 aliphatic rings. The summed E-state index contributed by atoms with van der Waals surface area (Å²) in [4.78, 5) is 45.2. The van der Waals surface area contributed by atoms with Crippen molar-refractivity contribution in [2.45, 2.75) is 87.7 Å². The van der Waals surface area contributed by atoms with Gasteiger partial charge in [-0.25, -0.2) is 17.5 Å². The van der Waals surface area contributed by atoms with E-state index in [9.17, 15) is 28.1 Å². The molecule has 3 fully saturated rings. The van der Waals surface area contributed by atoms with E-state index in [1.165, 1.54) is 25.1 Å². The molecule has 1 N–H and O–H groups in total. The number of nitrogens with zero attached hydrogens (tertiary/aromatic N) is 5. The molecule has 0 radical (unpaired) electrons. The molecule has 1 aromatic rings. The maximum absolute atomic E-state index is 13.6. The molecule has 12 nitrogen and oxygen atoms in total. The number of carbonyl (C=O) groups is 3. The highest BCUT2D eigenvalue weighted by Gasteiger charge is 2.52. The molecule has 3 saturated heterocycles. The Labute approximate surface area is 242 Å². The van der Waals surface area contributed by atoms with Crippen molar-refractivity contribution in [3.05, 3.63) is 29.8 Å². The monoisotopic (exact) mass is 588 g/mol. The lowest BCUT2D eigenvalue weighted by molar-refractivity contribution is -0.141. The maximum Gasteiger partial charge on any atom is 0.408 e. The molecule has 5 atom stereocenters. The van der Waals surface area contributed by atoms with Crippen molar-refractivity contribution in [3.63, 3.8) is 0 Å². The Hall–Kier alpha value is -3.21. The minimum absolute atomic E-state index is 0.103. The van der Waals surface area contributed by atoms with Crippen molar-refractivity contribution in [3.8, 4) is 6.07 Å². The number of carbonyl (C=O) groups excluding carboxylic acids is 3. The minimum atomic E-state index is -3.62. The summed E-state index contributed by atoms with van der Waals surface area (Å²) >= 11 is 0. The topological polar surface area (TPSA) is 143 Å². The van der Waals surface area contributed by atoms with Crippen LogP contribution in [0.5, 0.6) is 0 Å². The van der Waals surface area contributed by atoms with Gasteiger partial charge in [-0.05, 0) is 64.7 Å². The lowest BCUT2D eigenvalue weighted by Gasteiger charge is -2.39. The normalized spacial score (nSPS) is 24.4. The molecule has 3 aliphatic heterocycles. The van der Waals surface area contributed by atoms with E-state index < -0.39 is 39.8 Å². The van der Waals surface area contributed by atoms with E-state index in [2.05, 4.69) is 11.4 Å². The van der Waals surface area contributed by atoms with Gasteiger partial charge in [-0.3, -0.25) is 14.5 Å². The number of likely N-dealkylation sites (tertiary alicyclic amines) is 3. The predicted molar refractivity (Wildman–Crippen MR) is 150 cm³/mol. The minimum Gasteiger partial charge on any atom is -0.444 e. The number of hydrogen-bond donors (Lipinski definition) is 1. The third-order valence-electron chi connectivity index (χ3n) is 7.94. The Morgan fingerprint density at radius 3 is 2.59 bits per heavy atom. The van der Waals surface area contributed by atoms with Gasteiger partial charge in [0.25, 0.3) is 0 Å². The second-order valence-corrected chi connectivity index (χ2v) is 14.3. The van der Waals surface area contributed by atoms with E-state index in [1.54, 1.807) is 37.8 Å². The number of rotatable bonds is 8. The molecule has 3 heterocycles. The summed E-state index contributed by atoms with van der Waals surface area (Å²) in [5, 5.41) is 12.2. The Bertz CT molecular complexity index is 1340. The van der Waals surface area contributed by atoms with Crippen LogP contribution >= 0.6 is 0 Å². The SMILES string of the molecule is C[C@@H](c1cccc(S(=O)(=O)N(C)C)c1)N1C(=O)[C@H]2C[C@@H]1CN2C[C@H](NC(=O)OC(C)(C)C)C(=O)N1CCC[C@H]1C#N. The summed E-state index contributed by atoms with van der Waals surface area (Å²) in [5.41, 5.74) is -0.0418. The van der Waals surface area contributed by atoms with Crippen molar-refractivity contribution < 1.29 is 27.5 Å². The number of hydrogen-bond acceptors (Lipinski definition) is 8. The number of ether oxygens (including phenoxy) is 1. The van der Waals surface area contributed by atoms with Gasteiger partial charge < -0.3 is 19.9 Å². The molecule has 41 heavy (non-hydrogen) atoms. The lowest BCUT2D eigenvalue weighted by atomic mass is 10.1. The molecule has 224 valence electrons. The van der Waals surface area contributed by atoms with Gasteiger partial charge in [-0.1, -0.05) is 12.1 Å². The maximum atomic E-state index is 13.6. The van der Waals surface area contributed by atoms with E-state index in [1.807, 2.05) is 17.9 Å². The van der Waals surface area contributed by atoms with E-state index in [-0.39, 0.29) is 35.3 Å². The summed E-state index contributed by atoms with van der Waals surface area (Å²) in [6.45, 7) is 8.12. The zero-order valence-electron chi connectivity index (χ0n) is 24.5. The molecular weight excluding hydrogens is 548 g/mol.